The molecule has 0 fully saturated rings. The second kappa shape index (κ2) is 9.18. The number of halogens is 3. The highest BCUT2D eigenvalue weighted by atomic mass is 19.4. The molecule has 0 unspecified atom stereocenters. The van der Waals surface area contributed by atoms with Crippen molar-refractivity contribution in [2.24, 2.45) is 5.73 Å². The van der Waals surface area contributed by atoms with E-state index in [0.29, 0.717) is 25.1 Å². The number of nitrogens with one attached hydrogen (secondary N) is 2. The molecule has 5 nitrogen and oxygen atoms in total. The predicted octanol–water partition coefficient (Wildman–Crippen LogP) is 2.71. The van der Waals surface area contributed by atoms with Crippen LogP contribution in [0.2, 0.25) is 0 Å². The molecule has 2 aromatic carbocycles. The van der Waals surface area contributed by atoms with Crippen LogP contribution in [0.5, 0.6) is 0 Å². The molecule has 0 aliphatic carbocycles. The highest BCUT2D eigenvalue weighted by Gasteiger charge is 2.30. The van der Waals surface area contributed by atoms with Crippen molar-refractivity contribution in [2.45, 2.75) is 19.1 Å². The number of alkyl halides is 3. The molecule has 0 bridgehead atoms. The molecule has 0 aromatic heterocycles. The average Bonchev–Trinajstić information content (AvgIpc) is 2.66. The van der Waals surface area contributed by atoms with E-state index in [4.69, 9.17) is 5.73 Å². The van der Waals surface area contributed by atoms with Crippen molar-refractivity contribution in [2.75, 3.05) is 13.1 Å². The summed E-state index contributed by atoms with van der Waals surface area (Å²) in [5.41, 5.74) is 5.94. The minimum Gasteiger partial charge on any atom is -0.352 e. The second-order valence-corrected chi connectivity index (χ2v) is 5.85. The molecule has 0 heterocycles. The van der Waals surface area contributed by atoms with E-state index in [2.05, 4.69) is 10.6 Å². The Morgan fingerprint density at radius 1 is 0.852 bits per heavy atom. The van der Waals surface area contributed by atoms with Crippen molar-refractivity contribution < 1.29 is 22.8 Å². The molecule has 0 aliphatic rings. The molecule has 2 amide bonds. The third kappa shape index (κ3) is 6.10. The van der Waals surface area contributed by atoms with E-state index in [-0.39, 0.29) is 18.0 Å². The lowest BCUT2D eigenvalue weighted by atomic mass is 10.1. The zero-order valence-corrected chi connectivity index (χ0v) is 14.5. The minimum atomic E-state index is -4.44. The maximum atomic E-state index is 12.5. The molecule has 2 rings (SSSR count). The van der Waals surface area contributed by atoms with Crippen molar-refractivity contribution >= 4 is 11.8 Å². The number of carbonyl (C=O) groups is 2. The minimum absolute atomic E-state index is 0.138. The molecule has 0 radical (unpaired) electrons. The van der Waals surface area contributed by atoms with Crippen LogP contribution in [0.4, 0.5) is 13.2 Å². The van der Waals surface area contributed by atoms with Gasteiger partial charge in [0.15, 0.2) is 0 Å². The number of hydrogen-bond acceptors (Lipinski definition) is 3. The summed E-state index contributed by atoms with van der Waals surface area (Å²) >= 11 is 0. The summed E-state index contributed by atoms with van der Waals surface area (Å²) in [5, 5.41) is 5.37. The largest absolute Gasteiger partial charge is 0.416 e. The van der Waals surface area contributed by atoms with Gasteiger partial charge in [-0.05, 0) is 54.9 Å². The molecule has 8 heteroatoms. The summed E-state index contributed by atoms with van der Waals surface area (Å²) in [6.07, 6.45) is -3.74. The summed E-state index contributed by atoms with van der Waals surface area (Å²) in [5.74, 6) is -0.684. The van der Waals surface area contributed by atoms with Crippen molar-refractivity contribution in [3.63, 3.8) is 0 Å². The number of hydrogen-bond donors (Lipinski definition) is 3. The van der Waals surface area contributed by atoms with E-state index in [9.17, 15) is 22.8 Å². The Balaban J connectivity index is 1.88. The molecular weight excluding hydrogens is 359 g/mol. The Morgan fingerprint density at radius 3 is 1.89 bits per heavy atom. The van der Waals surface area contributed by atoms with Crippen molar-refractivity contribution in [3.8, 4) is 0 Å². The fourth-order valence-electron chi connectivity index (χ4n) is 2.28. The number of carbonyl (C=O) groups excluding carboxylic acids is 2. The van der Waals surface area contributed by atoms with E-state index < -0.39 is 17.6 Å². The van der Waals surface area contributed by atoms with Crippen molar-refractivity contribution in [3.05, 3.63) is 70.8 Å². The van der Waals surface area contributed by atoms with Crippen LogP contribution in [-0.4, -0.2) is 24.9 Å². The number of rotatable bonds is 7. The van der Waals surface area contributed by atoms with E-state index in [0.717, 1.165) is 29.8 Å². The molecule has 0 atom stereocenters. The molecule has 2 aromatic rings. The first-order chi connectivity index (χ1) is 12.8. The number of benzene rings is 2. The van der Waals surface area contributed by atoms with Crippen LogP contribution in [0.1, 0.15) is 38.3 Å². The SMILES string of the molecule is NCCCNC(=O)c1ccc(CNC(=O)c2ccc(C(F)(F)F)cc2)cc1. The Labute approximate surface area is 154 Å². The summed E-state index contributed by atoms with van der Waals surface area (Å²) in [6, 6.07) is 10.7. The van der Waals surface area contributed by atoms with E-state index in [1.807, 2.05) is 0 Å². The van der Waals surface area contributed by atoms with E-state index in [1.165, 1.54) is 0 Å². The standard InChI is InChI=1S/C19H20F3N3O2/c20-19(21,22)16-8-6-15(7-9-16)18(27)25-12-13-2-4-14(5-3-13)17(26)24-11-1-10-23/h2-9H,1,10-12,23H2,(H,24,26)(H,25,27). The van der Waals surface area contributed by atoms with E-state index >= 15 is 0 Å². The Morgan fingerprint density at radius 2 is 1.37 bits per heavy atom. The quantitative estimate of drug-likeness (QED) is 0.647. The third-order valence-corrected chi connectivity index (χ3v) is 3.81. The van der Waals surface area contributed by atoms with Gasteiger partial charge in [-0.15, -0.1) is 0 Å². The summed E-state index contributed by atoms with van der Waals surface area (Å²) in [4.78, 5) is 23.9. The molecule has 0 saturated heterocycles. The predicted molar refractivity (Wildman–Crippen MR) is 95.1 cm³/mol. The molecule has 4 N–H and O–H groups in total. The first-order valence-electron chi connectivity index (χ1n) is 8.34. The maximum absolute atomic E-state index is 12.5. The third-order valence-electron chi connectivity index (χ3n) is 3.81. The molecule has 144 valence electrons. The van der Waals surface area contributed by atoms with Gasteiger partial charge < -0.3 is 16.4 Å². The fourth-order valence-corrected chi connectivity index (χ4v) is 2.28. The summed E-state index contributed by atoms with van der Waals surface area (Å²) < 4.78 is 37.6. The summed E-state index contributed by atoms with van der Waals surface area (Å²) in [7, 11) is 0. The van der Waals surface area contributed by atoms with Crippen molar-refractivity contribution in [1.82, 2.24) is 10.6 Å². The normalized spacial score (nSPS) is 11.1. The summed E-state index contributed by atoms with van der Waals surface area (Å²) in [6.45, 7) is 1.19. The first kappa shape index (κ1) is 20.4. The van der Waals surface area contributed by atoms with Gasteiger partial charge in [-0.25, -0.2) is 0 Å². The van der Waals surface area contributed by atoms with Gasteiger partial charge in [0.05, 0.1) is 5.56 Å². The van der Waals surface area contributed by atoms with Gasteiger partial charge in [-0.1, -0.05) is 12.1 Å². The topological polar surface area (TPSA) is 84.2 Å². The van der Waals surface area contributed by atoms with Gasteiger partial charge in [-0.3, -0.25) is 9.59 Å². The first-order valence-corrected chi connectivity index (χ1v) is 8.34. The lowest BCUT2D eigenvalue weighted by molar-refractivity contribution is -0.137. The molecule has 0 aliphatic heterocycles. The van der Waals surface area contributed by atoms with Crippen LogP contribution in [0.3, 0.4) is 0 Å². The van der Waals surface area contributed by atoms with Crippen molar-refractivity contribution in [1.29, 1.82) is 0 Å². The van der Waals surface area contributed by atoms with Gasteiger partial charge in [0.25, 0.3) is 11.8 Å². The molecule has 27 heavy (non-hydrogen) atoms. The van der Waals surface area contributed by atoms with Gasteiger partial charge in [0, 0.05) is 24.2 Å². The maximum Gasteiger partial charge on any atom is 0.416 e. The second-order valence-electron chi connectivity index (χ2n) is 5.85. The highest BCUT2D eigenvalue weighted by molar-refractivity contribution is 5.95. The zero-order valence-electron chi connectivity index (χ0n) is 14.5. The number of nitrogens with two attached hydrogens (primary N) is 1. The zero-order chi connectivity index (χ0) is 19.9. The van der Waals surface area contributed by atoms with Crippen LogP contribution in [-0.2, 0) is 12.7 Å². The molecule has 0 spiro atoms. The fraction of sp³-hybridized carbons (Fsp3) is 0.263. The average molecular weight is 379 g/mol. The smallest absolute Gasteiger partial charge is 0.352 e. The highest BCUT2D eigenvalue weighted by Crippen LogP contribution is 2.29. The van der Waals surface area contributed by atoms with Gasteiger partial charge in [-0.2, -0.15) is 13.2 Å². The number of amides is 2. The Hall–Kier alpha value is -2.87. The van der Waals surface area contributed by atoms with Gasteiger partial charge in [0.2, 0.25) is 0 Å². The molecule has 0 saturated carbocycles. The monoisotopic (exact) mass is 379 g/mol. The van der Waals surface area contributed by atoms with Gasteiger partial charge in [0.1, 0.15) is 0 Å². The van der Waals surface area contributed by atoms with Crippen LogP contribution in [0.15, 0.2) is 48.5 Å². The van der Waals surface area contributed by atoms with Crippen LogP contribution in [0.25, 0.3) is 0 Å². The Bertz CT molecular complexity index is 772. The van der Waals surface area contributed by atoms with E-state index in [1.54, 1.807) is 24.3 Å². The van der Waals surface area contributed by atoms with Crippen LogP contribution >= 0.6 is 0 Å². The van der Waals surface area contributed by atoms with Crippen LogP contribution in [0, 0.1) is 0 Å². The lowest BCUT2D eigenvalue weighted by Crippen LogP contribution is -2.26. The molecular formula is C19H20F3N3O2. The Kier molecular flexibility index (Phi) is 6.95. The van der Waals surface area contributed by atoms with Gasteiger partial charge >= 0.3 is 6.18 Å². The lowest BCUT2D eigenvalue weighted by Gasteiger charge is -2.09. The van der Waals surface area contributed by atoms with Crippen LogP contribution < -0.4 is 16.4 Å².